The highest BCUT2D eigenvalue weighted by Crippen LogP contribution is 2.25. The fourth-order valence-electron chi connectivity index (χ4n) is 1.70. The van der Waals surface area contributed by atoms with Gasteiger partial charge in [0.05, 0.1) is 0 Å². The number of rotatable bonds is 5. The lowest BCUT2D eigenvalue weighted by molar-refractivity contribution is 0.509. The van der Waals surface area contributed by atoms with Gasteiger partial charge >= 0.3 is 0 Å². The monoisotopic (exact) mass is 245 g/mol. The Morgan fingerprint density at radius 2 is 1.73 bits per heavy atom. The Labute approximate surface area is 102 Å². The minimum atomic E-state index is 0.358. The predicted octanol–water partition coefficient (Wildman–Crippen LogP) is 4.44. The van der Waals surface area contributed by atoms with Gasteiger partial charge in [-0.3, -0.25) is 0 Å². The summed E-state index contributed by atoms with van der Waals surface area (Å²) in [5, 5.41) is 4.85. The lowest BCUT2D eigenvalue weighted by atomic mass is 10.0. The van der Waals surface area contributed by atoms with Gasteiger partial charge in [0, 0.05) is 16.1 Å². The van der Waals surface area contributed by atoms with Gasteiger partial charge in [-0.05, 0) is 36.7 Å². The third-order valence-corrected chi connectivity index (χ3v) is 2.75. The van der Waals surface area contributed by atoms with Crippen LogP contribution in [0.1, 0.15) is 38.3 Å². The molecular formula is C12H17Cl2N. The topological polar surface area (TPSA) is 12.0 Å². The fourth-order valence-corrected chi connectivity index (χ4v) is 2.24. The number of hydrogen-bond acceptors (Lipinski definition) is 1. The van der Waals surface area contributed by atoms with Crippen LogP contribution in [0.5, 0.6) is 0 Å². The Hall–Kier alpha value is -0.240. The van der Waals surface area contributed by atoms with E-state index in [1.54, 1.807) is 6.07 Å². The molecule has 1 rings (SSSR count). The molecular weight excluding hydrogens is 229 g/mol. The van der Waals surface area contributed by atoms with Crippen LogP contribution in [0.4, 0.5) is 0 Å². The van der Waals surface area contributed by atoms with Crippen LogP contribution in [0.15, 0.2) is 18.2 Å². The van der Waals surface area contributed by atoms with Crippen LogP contribution in [-0.2, 0) is 0 Å². The Morgan fingerprint density at radius 1 is 1.13 bits per heavy atom. The lowest BCUT2D eigenvalue weighted by Gasteiger charge is -2.18. The highest BCUT2D eigenvalue weighted by molar-refractivity contribution is 6.34. The third-order valence-electron chi connectivity index (χ3n) is 2.32. The summed E-state index contributed by atoms with van der Waals surface area (Å²) in [7, 11) is 0. The first-order valence-corrected chi connectivity index (χ1v) is 6.12. The van der Waals surface area contributed by atoms with Gasteiger partial charge in [-0.15, -0.1) is 0 Å². The van der Waals surface area contributed by atoms with Crippen molar-refractivity contribution in [3.8, 4) is 0 Å². The number of benzene rings is 1. The average Bonchev–Trinajstić information content (AvgIpc) is 2.16. The molecule has 0 saturated carbocycles. The van der Waals surface area contributed by atoms with E-state index in [-0.39, 0.29) is 0 Å². The molecule has 0 radical (unpaired) electrons. The Morgan fingerprint density at radius 3 is 2.20 bits per heavy atom. The van der Waals surface area contributed by atoms with Crippen LogP contribution in [0.25, 0.3) is 0 Å². The Bertz CT molecular complexity index is 286. The van der Waals surface area contributed by atoms with Gasteiger partial charge in [0.1, 0.15) is 0 Å². The minimum Gasteiger partial charge on any atom is -0.310 e. The normalized spacial score (nSPS) is 12.8. The fraction of sp³-hybridized carbons (Fsp3) is 0.500. The SMILES string of the molecule is CCCC(NCC)c1cc(Cl)cc(Cl)c1. The first kappa shape index (κ1) is 12.8. The van der Waals surface area contributed by atoms with Gasteiger partial charge in [0.15, 0.2) is 0 Å². The molecule has 1 N–H and O–H groups in total. The van der Waals surface area contributed by atoms with E-state index in [2.05, 4.69) is 19.2 Å². The second kappa shape index (κ2) is 6.37. The summed E-state index contributed by atoms with van der Waals surface area (Å²) in [5.74, 6) is 0. The lowest BCUT2D eigenvalue weighted by Crippen LogP contribution is -2.20. The summed E-state index contributed by atoms with van der Waals surface area (Å²) in [6.45, 7) is 5.24. The standard InChI is InChI=1S/C12H17Cl2N/c1-3-5-12(15-4-2)9-6-10(13)8-11(14)7-9/h6-8,12,15H,3-5H2,1-2H3. The van der Waals surface area contributed by atoms with Crippen molar-refractivity contribution in [1.29, 1.82) is 0 Å². The van der Waals surface area contributed by atoms with Gasteiger partial charge in [-0.1, -0.05) is 43.5 Å². The summed E-state index contributed by atoms with van der Waals surface area (Å²) >= 11 is 12.0. The average molecular weight is 246 g/mol. The molecule has 1 unspecified atom stereocenters. The zero-order valence-electron chi connectivity index (χ0n) is 9.19. The van der Waals surface area contributed by atoms with E-state index in [0.717, 1.165) is 19.4 Å². The Kier molecular flexibility index (Phi) is 5.44. The molecule has 0 saturated heterocycles. The highest BCUT2D eigenvalue weighted by atomic mass is 35.5. The molecule has 0 aromatic heterocycles. The first-order valence-electron chi connectivity index (χ1n) is 5.36. The molecule has 0 bridgehead atoms. The molecule has 84 valence electrons. The number of hydrogen-bond donors (Lipinski definition) is 1. The summed E-state index contributed by atoms with van der Waals surface area (Å²) in [6.07, 6.45) is 2.24. The van der Waals surface area contributed by atoms with Crippen molar-refractivity contribution in [3.05, 3.63) is 33.8 Å². The van der Waals surface area contributed by atoms with Gasteiger partial charge in [-0.2, -0.15) is 0 Å². The van der Waals surface area contributed by atoms with Gasteiger partial charge in [-0.25, -0.2) is 0 Å². The van der Waals surface area contributed by atoms with E-state index >= 15 is 0 Å². The van der Waals surface area contributed by atoms with Crippen LogP contribution < -0.4 is 5.32 Å². The van der Waals surface area contributed by atoms with Crippen molar-refractivity contribution < 1.29 is 0 Å². The zero-order chi connectivity index (χ0) is 11.3. The maximum absolute atomic E-state index is 5.98. The molecule has 1 aromatic carbocycles. The van der Waals surface area contributed by atoms with E-state index < -0.39 is 0 Å². The zero-order valence-corrected chi connectivity index (χ0v) is 10.7. The molecule has 0 fully saturated rings. The van der Waals surface area contributed by atoms with E-state index in [9.17, 15) is 0 Å². The molecule has 0 aliphatic heterocycles. The maximum Gasteiger partial charge on any atom is 0.0424 e. The molecule has 1 nitrogen and oxygen atoms in total. The summed E-state index contributed by atoms with van der Waals surface area (Å²) in [4.78, 5) is 0. The van der Waals surface area contributed by atoms with Gasteiger partial charge < -0.3 is 5.32 Å². The van der Waals surface area contributed by atoms with Crippen molar-refractivity contribution in [2.45, 2.75) is 32.7 Å². The van der Waals surface area contributed by atoms with E-state index in [1.165, 1.54) is 5.56 Å². The molecule has 3 heteroatoms. The van der Waals surface area contributed by atoms with Crippen LogP contribution in [0, 0.1) is 0 Å². The molecule has 0 aliphatic carbocycles. The highest BCUT2D eigenvalue weighted by Gasteiger charge is 2.10. The van der Waals surface area contributed by atoms with Crippen LogP contribution in [0.2, 0.25) is 10.0 Å². The molecule has 1 atom stereocenters. The maximum atomic E-state index is 5.98. The van der Waals surface area contributed by atoms with Crippen molar-refractivity contribution >= 4 is 23.2 Å². The van der Waals surface area contributed by atoms with Crippen LogP contribution in [0.3, 0.4) is 0 Å². The van der Waals surface area contributed by atoms with Gasteiger partial charge in [0.2, 0.25) is 0 Å². The number of nitrogens with one attached hydrogen (secondary N) is 1. The minimum absolute atomic E-state index is 0.358. The molecule has 0 aliphatic rings. The second-order valence-electron chi connectivity index (χ2n) is 3.60. The third kappa shape index (κ3) is 4.02. The van der Waals surface area contributed by atoms with E-state index in [0.29, 0.717) is 16.1 Å². The van der Waals surface area contributed by atoms with Crippen molar-refractivity contribution in [2.75, 3.05) is 6.54 Å². The second-order valence-corrected chi connectivity index (χ2v) is 4.47. The number of halogens is 2. The van der Waals surface area contributed by atoms with E-state index in [4.69, 9.17) is 23.2 Å². The Balaban J connectivity index is 2.88. The first-order chi connectivity index (χ1) is 7.17. The molecule has 1 aromatic rings. The molecule has 0 heterocycles. The van der Waals surface area contributed by atoms with E-state index in [1.807, 2.05) is 12.1 Å². The molecule has 15 heavy (non-hydrogen) atoms. The van der Waals surface area contributed by atoms with Crippen LogP contribution >= 0.6 is 23.2 Å². The summed E-state index contributed by atoms with van der Waals surface area (Å²) < 4.78 is 0. The summed E-state index contributed by atoms with van der Waals surface area (Å²) in [5.41, 5.74) is 1.18. The van der Waals surface area contributed by atoms with Crippen molar-refractivity contribution in [1.82, 2.24) is 5.32 Å². The largest absolute Gasteiger partial charge is 0.310 e. The molecule has 0 spiro atoms. The summed E-state index contributed by atoms with van der Waals surface area (Å²) in [6, 6.07) is 6.09. The van der Waals surface area contributed by atoms with Crippen molar-refractivity contribution in [2.24, 2.45) is 0 Å². The van der Waals surface area contributed by atoms with Crippen LogP contribution in [-0.4, -0.2) is 6.54 Å². The predicted molar refractivity (Wildman–Crippen MR) is 67.8 cm³/mol. The molecule has 0 amide bonds. The quantitative estimate of drug-likeness (QED) is 0.809. The smallest absolute Gasteiger partial charge is 0.0424 e. The van der Waals surface area contributed by atoms with Gasteiger partial charge in [0.25, 0.3) is 0 Å². The van der Waals surface area contributed by atoms with Crippen molar-refractivity contribution in [3.63, 3.8) is 0 Å².